The quantitative estimate of drug-likeness (QED) is 0.364. The molecule has 15 heavy (non-hydrogen) atoms. The molecule has 0 bridgehead atoms. The Bertz CT molecular complexity index is 239. The molecule has 1 unspecified atom stereocenters. The summed E-state index contributed by atoms with van der Waals surface area (Å²) < 4.78 is 5.38. The molecular formula is C13H22O2. The van der Waals surface area contributed by atoms with Crippen molar-refractivity contribution < 1.29 is 9.53 Å². The minimum Gasteiger partial charge on any atom is -0.454 e. The fourth-order valence-corrected chi connectivity index (χ4v) is 1.65. The van der Waals surface area contributed by atoms with Gasteiger partial charge in [-0.25, -0.2) is 0 Å². The summed E-state index contributed by atoms with van der Waals surface area (Å²) in [6, 6.07) is 0. The maximum atomic E-state index is 11.0. The van der Waals surface area contributed by atoms with Crippen LogP contribution in [0.3, 0.4) is 0 Å². The number of hydrogen-bond acceptors (Lipinski definition) is 2. The average molecular weight is 210 g/mol. The van der Waals surface area contributed by atoms with E-state index in [0.29, 0.717) is 0 Å². The van der Waals surface area contributed by atoms with E-state index >= 15 is 0 Å². The van der Waals surface area contributed by atoms with Crippen molar-refractivity contribution in [2.24, 2.45) is 0 Å². The SMILES string of the molecule is C=C=CC(CC)(CCCCC)OC(C)=O. The third-order valence-corrected chi connectivity index (χ3v) is 2.51. The van der Waals surface area contributed by atoms with Crippen molar-refractivity contribution in [1.82, 2.24) is 0 Å². The molecule has 2 nitrogen and oxygen atoms in total. The van der Waals surface area contributed by atoms with Crippen molar-refractivity contribution in [2.45, 2.75) is 58.5 Å². The Hall–Kier alpha value is -1.01. The molecule has 0 aliphatic carbocycles. The van der Waals surface area contributed by atoms with Crippen LogP contribution in [0.15, 0.2) is 18.4 Å². The molecule has 0 aliphatic rings. The molecule has 0 rings (SSSR count). The largest absolute Gasteiger partial charge is 0.454 e. The Morgan fingerprint density at radius 3 is 2.53 bits per heavy atom. The van der Waals surface area contributed by atoms with Gasteiger partial charge in [-0.2, -0.15) is 0 Å². The predicted octanol–water partition coefficient (Wildman–Crippen LogP) is 3.62. The van der Waals surface area contributed by atoms with Gasteiger partial charge in [-0.3, -0.25) is 4.79 Å². The van der Waals surface area contributed by atoms with Gasteiger partial charge in [0.2, 0.25) is 0 Å². The first-order valence-corrected chi connectivity index (χ1v) is 5.66. The number of ether oxygens (including phenoxy) is 1. The second-order valence-corrected chi connectivity index (χ2v) is 3.82. The molecule has 0 saturated carbocycles. The second kappa shape index (κ2) is 7.30. The molecule has 0 heterocycles. The van der Waals surface area contributed by atoms with Crippen LogP contribution in [0.1, 0.15) is 52.9 Å². The summed E-state index contributed by atoms with van der Waals surface area (Å²) in [6.07, 6.45) is 6.81. The fraction of sp³-hybridized carbons (Fsp3) is 0.692. The highest BCUT2D eigenvalue weighted by Crippen LogP contribution is 2.25. The van der Waals surface area contributed by atoms with Crippen LogP contribution in [0, 0.1) is 0 Å². The number of carbonyl (C=O) groups excluding carboxylic acids is 1. The van der Waals surface area contributed by atoms with Gasteiger partial charge < -0.3 is 4.74 Å². The van der Waals surface area contributed by atoms with Crippen molar-refractivity contribution >= 4 is 5.97 Å². The van der Waals surface area contributed by atoms with Gasteiger partial charge >= 0.3 is 5.97 Å². The maximum absolute atomic E-state index is 11.0. The Morgan fingerprint density at radius 2 is 2.13 bits per heavy atom. The molecule has 0 spiro atoms. The van der Waals surface area contributed by atoms with Crippen LogP contribution in [-0.2, 0) is 9.53 Å². The van der Waals surface area contributed by atoms with Crippen molar-refractivity contribution in [3.8, 4) is 0 Å². The van der Waals surface area contributed by atoms with E-state index in [0.717, 1.165) is 32.1 Å². The number of rotatable bonds is 7. The standard InChI is InChI=1S/C13H22O2/c1-5-8-9-11-13(7-3,10-6-2)15-12(4)14/h10H,2,5,7-9,11H2,1,3-4H3. The third kappa shape index (κ3) is 5.44. The molecule has 0 aromatic carbocycles. The summed E-state index contributed by atoms with van der Waals surface area (Å²) in [4.78, 5) is 11.0. The molecule has 1 atom stereocenters. The smallest absolute Gasteiger partial charge is 0.303 e. The fourth-order valence-electron chi connectivity index (χ4n) is 1.65. The van der Waals surface area contributed by atoms with Crippen LogP contribution >= 0.6 is 0 Å². The molecule has 0 saturated heterocycles. The van der Waals surface area contributed by atoms with E-state index in [4.69, 9.17) is 4.74 Å². The summed E-state index contributed by atoms with van der Waals surface area (Å²) in [5.74, 6) is -0.236. The lowest BCUT2D eigenvalue weighted by molar-refractivity contribution is -0.153. The third-order valence-electron chi connectivity index (χ3n) is 2.51. The molecule has 2 heteroatoms. The lowest BCUT2D eigenvalue weighted by atomic mass is 9.93. The number of hydrogen-bond donors (Lipinski definition) is 0. The normalized spacial score (nSPS) is 13.8. The molecule has 0 aromatic heterocycles. The van der Waals surface area contributed by atoms with Gasteiger partial charge in [0.1, 0.15) is 5.60 Å². The Morgan fingerprint density at radius 1 is 1.47 bits per heavy atom. The van der Waals surface area contributed by atoms with Gasteiger partial charge in [0.25, 0.3) is 0 Å². The molecule has 0 N–H and O–H groups in total. The van der Waals surface area contributed by atoms with Crippen LogP contribution in [0.2, 0.25) is 0 Å². The van der Waals surface area contributed by atoms with E-state index < -0.39 is 5.60 Å². The van der Waals surface area contributed by atoms with Crippen LogP contribution in [0.25, 0.3) is 0 Å². The van der Waals surface area contributed by atoms with Crippen LogP contribution in [0.4, 0.5) is 0 Å². The van der Waals surface area contributed by atoms with Gasteiger partial charge in [0.05, 0.1) is 0 Å². The predicted molar refractivity (Wildman–Crippen MR) is 62.6 cm³/mol. The van der Waals surface area contributed by atoms with Gasteiger partial charge in [0, 0.05) is 13.0 Å². The molecule has 0 fully saturated rings. The zero-order chi connectivity index (χ0) is 11.7. The van der Waals surface area contributed by atoms with E-state index in [1.165, 1.54) is 6.92 Å². The van der Waals surface area contributed by atoms with E-state index in [-0.39, 0.29) is 5.97 Å². The summed E-state index contributed by atoms with van der Waals surface area (Å²) in [5, 5.41) is 0. The zero-order valence-corrected chi connectivity index (χ0v) is 10.1. The summed E-state index contributed by atoms with van der Waals surface area (Å²) in [7, 11) is 0. The molecular weight excluding hydrogens is 188 g/mol. The van der Waals surface area contributed by atoms with Crippen molar-refractivity contribution in [3.05, 3.63) is 18.4 Å². The first kappa shape index (κ1) is 14.0. The molecule has 0 amide bonds. The topological polar surface area (TPSA) is 26.3 Å². The molecule has 0 aromatic rings. The second-order valence-electron chi connectivity index (χ2n) is 3.82. The number of carbonyl (C=O) groups is 1. The van der Waals surface area contributed by atoms with Gasteiger partial charge in [-0.1, -0.05) is 33.3 Å². The number of esters is 1. The van der Waals surface area contributed by atoms with Crippen LogP contribution in [-0.4, -0.2) is 11.6 Å². The van der Waals surface area contributed by atoms with E-state index in [2.05, 4.69) is 19.2 Å². The Kier molecular flexibility index (Phi) is 6.81. The Balaban J connectivity index is 4.49. The van der Waals surface area contributed by atoms with E-state index in [1.54, 1.807) is 6.08 Å². The van der Waals surface area contributed by atoms with Crippen molar-refractivity contribution in [2.75, 3.05) is 0 Å². The minimum absolute atomic E-state index is 0.236. The van der Waals surface area contributed by atoms with Gasteiger partial charge in [-0.15, -0.1) is 5.73 Å². The summed E-state index contributed by atoms with van der Waals surface area (Å²) >= 11 is 0. The average Bonchev–Trinajstić information content (AvgIpc) is 2.17. The van der Waals surface area contributed by atoms with Gasteiger partial charge in [0.15, 0.2) is 0 Å². The van der Waals surface area contributed by atoms with E-state index in [1.807, 2.05) is 6.92 Å². The highest BCUT2D eigenvalue weighted by Gasteiger charge is 2.27. The summed E-state index contributed by atoms with van der Waals surface area (Å²) in [5.41, 5.74) is 2.26. The maximum Gasteiger partial charge on any atom is 0.303 e. The lowest BCUT2D eigenvalue weighted by Crippen LogP contribution is -2.31. The first-order valence-electron chi connectivity index (χ1n) is 5.66. The monoisotopic (exact) mass is 210 g/mol. The van der Waals surface area contributed by atoms with Crippen molar-refractivity contribution in [3.63, 3.8) is 0 Å². The summed E-state index contributed by atoms with van der Waals surface area (Å²) in [6.45, 7) is 9.17. The van der Waals surface area contributed by atoms with Crippen LogP contribution < -0.4 is 0 Å². The van der Waals surface area contributed by atoms with Gasteiger partial charge in [-0.05, 0) is 19.3 Å². The van der Waals surface area contributed by atoms with Crippen LogP contribution in [0.5, 0.6) is 0 Å². The molecule has 86 valence electrons. The first-order chi connectivity index (χ1) is 7.10. The molecule has 0 radical (unpaired) electrons. The van der Waals surface area contributed by atoms with Crippen molar-refractivity contribution in [1.29, 1.82) is 0 Å². The molecule has 0 aliphatic heterocycles. The number of unbranched alkanes of at least 4 members (excludes halogenated alkanes) is 2. The minimum atomic E-state index is -0.483. The lowest BCUT2D eigenvalue weighted by Gasteiger charge is -2.28. The zero-order valence-electron chi connectivity index (χ0n) is 10.1. The Labute approximate surface area is 93.0 Å². The van der Waals surface area contributed by atoms with E-state index in [9.17, 15) is 4.79 Å². The highest BCUT2D eigenvalue weighted by atomic mass is 16.6. The highest BCUT2D eigenvalue weighted by molar-refractivity contribution is 5.66.